The SMILES string of the molecule is NC(=S)CCN(c1ccccc1)S(=O)(=O)CC1CC1. The van der Waals surface area contributed by atoms with Crippen molar-refractivity contribution in [2.75, 3.05) is 16.6 Å². The zero-order valence-corrected chi connectivity index (χ0v) is 12.3. The summed E-state index contributed by atoms with van der Waals surface area (Å²) in [6, 6.07) is 9.11. The van der Waals surface area contributed by atoms with Crippen LogP contribution in [0.4, 0.5) is 5.69 Å². The molecule has 2 N–H and O–H groups in total. The van der Waals surface area contributed by atoms with Gasteiger partial charge < -0.3 is 5.73 Å². The molecule has 0 bridgehead atoms. The molecule has 4 nitrogen and oxygen atoms in total. The van der Waals surface area contributed by atoms with Crippen LogP contribution in [-0.4, -0.2) is 25.7 Å². The molecule has 6 heteroatoms. The van der Waals surface area contributed by atoms with Crippen LogP contribution >= 0.6 is 12.2 Å². The van der Waals surface area contributed by atoms with Crippen molar-refractivity contribution in [1.29, 1.82) is 0 Å². The summed E-state index contributed by atoms with van der Waals surface area (Å²) in [4.78, 5) is 0.336. The number of hydrogen-bond donors (Lipinski definition) is 1. The van der Waals surface area contributed by atoms with E-state index in [0.29, 0.717) is 29.6 Å². The van der Waals surface area contributed by atoms with Gasteiger partial charge in [-0.1, -0.05) is 30.4 Å². The second-order valence-corrected chi connectivity index (χ2v) is 7.31. The zero-order valence-electron chi connectivity index (χ0n) is 10.7. The highest BCUT2D eigenvalue weighted by Crippen LogP contribution is 2.32. The van der Waals surface area contributed by atoms with E-state index >= 15 is 0 Å². The molecule has 1 aromatic rings. The minimum Gasteiger partial charge on any atom is -0.393 e. The minimum absolute atomic E-state index is 0.221. The lowest BCUT2D eigenvalue weighted by Gasteiger charge is -2.24. The summed E-state index contributed by atoms with van der Waals surface area (Å²) in [5, 5.41) is 0. The molecule has 0 amide bonds. The van der Waals surface area contributed by atoms with Crippen molar-refractivity contribution >= 4 is 32.9 Å². The van der Waals surface area contributed by atoms with E-state index in [-0.39, 0.29) is 5.75 Å². The molecule has 1 saturated carbocycles. The molecule has 19 heavy (non-hydrogen) atoms. The molecule has 0 radical (unpaired) electrons. The summed E-state index contributed by atoms with van der Waals surface area (Å²) in [6.07, 6.45) is 2.42. The van der Waals surface area contributed by atoms with Crippen molar-refractivity contribution in [3.05, 3.63) is 30.3 Å². The summed E-state index contributed by atoms with van der Waals surface area (Å²) in [5.74, 6) is 0.542. The Hall–Kier alpha value is -1.14. The maximum absolute atomic E-state index is 12.4. The Balaban J connectivity index is 2.20. The standard InChI is InChI=1S/C13H18N2O2S2/c14-13(18)8-9-15(12-4-2-1-3-5-12)19(16,17)10-11-6-7-11/h1-5,11H,6-10H2,(H2,14,18). The molecular formula is C13H18N2O2S2. The van der Waals surface area contributed by atoms with Crippen LogP contribution in [0.15, 0.2) is 30.3 Å². The van der Waals surface area contributed by atoms with Crippen LogP contribution in [0, 0.1) is 5.92 Å². The Labute approximate surface area is 119 Å². The maximum atomic E-state index is 12.4. The van der Waals surface area contributed by atoms with Crippen LogP contribution in [-0.2, 0) is 10.0 Å². The summed E-state index contributed by atoms with van der Waals surface area (Å²) < 4.78 is 26.3. The van der Waals surface area contributed by atoms with E-state index in [2.05, 4.69) is 0 Å². The Morgan fingerprint density at radius 1 is 1.32 bits per heavy atom. The van der Waals surface area contributed by atoms with Crippen LogP contribution in [0.1, 0.15) is 19.3 Å². The summed E-state index contributed by atoms with van der Waals surface area (Å²) in [5.41, 5.74) is 6.17. The summed E-state index contributed by atoms with van der Waals surface area (Å²) >= 11 is 4.84. The van der Waals surface area contributed by atoms with Crippen molar-refractivity contribution < 1.29 is 8.42 Å². The highest BCUT2D eigenvalue weighted by molar-refractivity contribution is 7.92. The molecule has 0 saturated heterocycles. The lowest BCUT2D eigenvalue weighted by molar-refractivity contribution is 0.587. The normalized spacial score (nSPS) is 15.2. The van der Waals surface area contributed by atoms with E-state index < -0.39 is 10.0 Å². The quantitative estimate of drug-likeness (QED) is 0.781. The van der Waals surface area contributed by atoms with E-state index in [1.807, 2.05) is 18.2 Å². The van der Waals surface area contributed by atoms with Crippen LogP contribution in [0.25, 0.3) is 0 Å². The van der Waals surface area contributed by atoms with Crippen molar-refractivity contribution in [3.63, 3.8) is 0 Å². The van der Waals surface area contributed by atoms with Crippen LogP contribution in [0.2, 0.25) is 0 Å². The number of nitrogens with zero attached hydrogens (tertiary/aromatic N) is 1. The second kappa shape index (κ2) is 5.88. The van der Waals surface area contributed by atoms with Crippen LogP contribution < -0.4 is 10.0 Å². The lowest BCUT2D eigenvalue weighted by Crippen LogP contribution is -2.36. The summed E-state index contributed by atoms with van der Waals surface area (Å²) in [7, 11) is -3.29. The molecule has 104 valence electrons. The highest BCUT2D eigenvalue weighted by atomic mass is 32.2. The van der Waals surface area contributed by atoms with Gasteiger partial charge in [0.1, 0.15) is 0 Å². The molecule has 0 aliphatic heterocycles. The Morgan fingerprint density at radius 3 is 2.47 bits per heavy atom. The molecule has 1 fully saturated rings. The van der Waals surface area contributed by atoms with Gasteiger partial charge in [-0.05, 0) is 30.9 Å². The highest BCUT2D eigenvalue weighted by Gasteiger charge is 2.32. The van der Waals surface area contributed by atoms with E-state index in [4.69, 9.17) is 18.0 Å². The average molecular weight is 298 g/mol. The summed E-state index contributed by atoms with van der Waals surface area (Å²) in [6.45, 7) is 0.314. The molecular weight excluding hydrogens is 280 g/mol. The Bertz CT molecular complexity index is 539. The third-order valence-electron chi connectivity index (χ3n) is 3.08. The number of anilines is 1. The number of benzene rings is 1. The first kappa shape index (κ1) is 14.3. The second-order valence-electron chi connectivity index (χ2n) is 4.85. The first-order valence-electron chi connectivity index (χ1n) is 6.33. The fourth-order valence-electron chi connectivity index (χ4n) is 1.91. The molecule has 1 aliphatic carbocycles. The Kier molecular flexibility index (Phi) is 4.42. The number of nitrogens with two attached hydrogens (primary N) is 1. The number of para-hydroxylation sites is 1. The smallest absolute Gasteiger partial charge is 0.235 e. The molecule has 1 aromatic carbocycles. The first-order chi connectivity index (χ1) is 8.99. The fourth-order valence-corrected chi connectivity index (χ4v) is 3.92. The van der Waals surface area contributed by atoms with E-state index in [9.17, 15) is 8.42 Å². The molecule has 2 rings (SSSR count). The van der Waals surface area contributed by atoms with Gasteiger partial charge in [-0.15, -0.1) is 0 Å². The number of rotatable bonds is 7. The third-order valence-corrected chi connectivity index (χ3v) is 5.25. The molecule has 0 heterocycles. The van der Waals surface area contributed by atoms with Crippen LogP contribution in [0.5, 0.6) is 0 Å². The zero-order chi connectivity index (χ0) is 13.9. The number of thiocarbonyl (C=S) groups is 1. The van der Waals surface area contributed by atoms with Gasteiger partial charge in [-0.25, -0.2) is 8.42 Å². The topological polar surface area (TPSA) is 63.4 Å². The van der Waals surface area contributed by atoms with Crippen LogP contribution in [0.3, 0.4) is 0 Å². The van der Waals surface area contributed by atoms with Gasteiger partial charge in [-0.3, -0.25) is 4.31 Å². The minimum atomic E-state index is -3.29. The molecule has 1 aliphatic rings. The van der Waals surface area contributed by atoms with Gasteiger partial charge in [0.15, 0.2) is 0 Å². The van der Waals surface area contributed by atoms with Crippen molar-refractivity contribution in [3.8, 4) is 0 Å². The predicted octanol–water partition coefficient (Wildman–Crippen LogP) is 1.91. The van der Waals surface area contributed by atoms with Crippen molar-refractivity contribution in [1.82, 2.24) is 0 Å². The molecule has 0 atom stereocenters. The average Bonchev–Trinajstić information content (AvgIpc) is 3.13. The van der Waals surface area contributed by atoms with Gasteiger partial charge >= 0.3 is 0 Å². The van der Waals surface area contributed by atoms with Gasteiger partial charge in [0.25, 0.3) is 0 Å². The predicted molar refractivity (Wildman–Crippen MR) is 81.7 cm³/mol. The van der Waals surface area contributed by atoms with E-state index in [1.54, 1.807) is 12.1 Å². The van der Waals surface area contributed by atoms with Gasteiger partial charge in [0, 0.05) is 13.0 Å². The van der Waals surface area contributed by atoms with Gasteiger partial charge in [-0.2, -0.15) is 0 Å². The van der Waals surface area contributed by atoms with Gasteiger partial charge in [0.2, 0.25) is 10.0 Å². The Morgan fingerprint density at radius 2 is 1.95 bits per heavy atom. The van der Waals surface area contributed by atoms with Gasteiger partial charge in [0.05, 0.1) is 16.4 Å². The molecule has 0 unspecified atom stereocenters. The van der Waals surface area contributed by atoms with Crippen molar-refractivity contribution in [2.24, 2.45) is 11.7 Å². The first-order valence-corrected chi connectivity index (χ1v) is 8.34. The van der Waals surface area contributed by atoms with Crippen molar-refractivity contribution in [2.45, 2.75) is 19.3 Å². The molecule has 0 spiro atoms. The largest absolute Gasteiger partial charge is 0.393 e. The lowest BCUT2D eigenvalue weighted by atomic mass is 10.3. The monoisotopic (exact) mass is 298 g/mol. The number of hydrogen-bond acceptors (Lipinski definition) is 3. The third kappa shape index (κ3) is 4.18. The van der Waals surface area contributed by atoms with E-state index in [0.717, 1.165) is 12.8 Å². The number of sulfonamides is 1. The van der Waals surface area contributed by atoms with E-state index in [1.165, 1.54) is 4.31 Å². The molecule has 0 aromatic heterocycles. The maximum Gasteiger partial charge on any atom is 0.235 e. The fraction of sp³-hybridized carbons (Fsp3) is 0.462.